The number of halogens is 1. The summed E-state index contributed by atoms with van der Waals surface area (Å²) in [6.45, 7) is 3.79. The summed E-state index contributed by atoms with van der Waals surface area (Å²) in [5.74, 6) is 1.64. The topological polar surface area (TPSA) is 104 Å². The van der Waals surface area contributed by atoms with Crippen molar-refractivity contribution in [3.05, 3.63) is 53.1 Å². The summed E-state index contributed by atoms with van der Waals surface area (Å²) in [5, 5.41) is 10.3. The Bertz CT molecular complexity index is 1210. The molecule has 3 rings (SSSR count). The lowest BCUT2D eigenvalue weighted by molar-refractivity contribution is 0.414. The number of aromatic amines is 1. The molecule has 0 atom stereocenters. The first-order chi connectivity index (χ1) is 15.8. The van der Waals surface area contributed by atoms with Gasteiger partial charge >= 0.3 is 0 Å². The van der Waals surface area contributed by atoms with E-state index in [9.17, 15) is 4.39 Å². The molecule has 0 radical (unpaired) electrons. The highest BCUT2D eigenvalue weighted by atomic mass is 32.2. The van der Waals surface area contributed by atoms with Crippen molar-refractivity contribution in [2.45, 2.75) is 18.7 Å². The fourth-order valence-corrected chi connectivity index (χ4v) is 3.96. The average Bonchev–Trinajstić information content (AvgIpc) is 3.22. The van der Waals surface area contributed by atoms with Crippen molar-refractivity contribution in [1.82, 2.24) is 15.2 Å². The van der Waals surface area contributed by atoms with Crippen LogP contribution in [0.25, 0.3) is 5.57 Å². The Labute approximate surface area is 197 Å². The Kier molecular flexibility index (Phi) is 7.59. The molecule has 2 heterocycles. The van der Waals surface area contributed by atoms with Crippen LogP contribution in [0.2, 0.25) is 0 Å². The second-order valence-corrected chi connectivity index (χ2v) is 8.14. The summed E-state index contributed by atoms with van der Waals surface area (Å²) in [5.41, 5.74) is 9.31. The van der Waals surface area contributed by atoms with Gasteiger partial charge in [0.25, 0.3) is 0 Å². The van der Waals surface area contributed by atoms with Crippen molar-refractivity contribution in [2.75, 3.05) is 37.7 Å². The van der Waals surface area contributed by atoms with Gasteiger partial charge in [-0.15, -0.1) is 11.8 Å². The Morgan fingerprint density at radius 3 is 2.64 bits per heavy atom. The van der Waals surface area contributed by atoms with Crippen LogP contribution < -0.4 is 20.7 Å². The Morgan fingerprint density at radius 1 is 1.33 bits per heavy atom. The molecule has 0 fully saturated rings. The largest absolute Gasteiger partial charge is 0.492 e. The predicted molar refractivity (Wildman–Crippen MR) is 135 cm³/mol. The zero-order chi connectivity index (χ0) is 24.1. The van der Waals surface area contributed by atoms with E-state index < -0.39 is 0 Å². The maximum atomic E-state index is 15.0. The maximum absolute atomic E-state index is 15.0. The van der Waals surface area contributed by atoms with Crippen LogP contribution in [-0.2, 0) is 0 Å². The zero-order valence-corrected chi connectivity index (χ0v) is 20.3. The molecular formula is C23H28FN7OS. The van der Waals surface area contributed by atoms with Gasteiger partial charge in [0.1, 0.15) is 11.6 Å². The summed E-state index contributed by atoms with van der Waals surface area (Å²) < 4.78 is 20.7. The van der Waals surface area contributed by atoms with Crippen LogP contribution in [0.1, 0.15) is 16.8 Å². The molecule has 0 aliphatic carbocycles. The van der Waals surface area contributed by atoms with Gasteiger partial charge in [0.05, 0.1) is 12.8 Å². The SMILES string of the molecule is CN=C/C(=C\N)c1c(C)c(N(C)c2ccc(SC)cc2F)nc(Nc2cc(C)[nH]n2)c1OC. The van der Waals surface area contributed by atoms with E-state index in [-0.39, 0.29) is 5.82 Å². The molecule has 1 aromatic carbocycles. The minimum Gasteiger partial charge on any atom is -0.492 e. The number of hydrogen-bond acceptors (Lipinski definition) is 8. The number of H-pyrrole nitrogens is 1. The molecule has 0 saturated carbocycles. The lowest BCUT2D eigenvalue weighted by atomic mass is 10.0. The number of nitrogens with zero attached hydrogens (tertiary/aromatic N) is 4. The van der Waals surface area contributed by atoms with Gasteiger partial charge in [-0.1, -0.05) is 0 Å². The van der Waals surface area contributed by atoms with Gasteiger partial charge in [-0.3, -0.25) is 10.1 Å². The number of allylic oxidation sites excluding steroid dienone is 1. The highest BCUT2D eigenvalue weighted by Gasteiger charge is 2.24. The third kappa shape index (κ3) is 4.95. The molecule has 174 valence electrons. The summed E-state index contributed by atoms with van der Waals surface area (Å²) in [6, 6.07) is 6.97. The molecule has 0 spiro atoms. The third-order valence-corrected chi connectivity index (χ3v) is 5.82. The van der Waals surface area contributed by atoms with Crippen molar-refractivity contribution in [3.63, 3.8) is 0 Å². The number of thioether (sulfide) groups is 1. The van der Waals surface area contributed by atoms with Gasteiger partial charge in [-0.2, -0.15) is 5.10 Å². The van der Waals surface area contributed by atoms with Crippen molar-refractivity contribution < 1.29 is 9.13 Å². The standard InChI is InChI=1S/C23H28FN7OS/c1-13-9-19(30-29-13)27-22-21(32-5)20(15(11-25)12-26-3)14(2)23(28-22)31(4)18-8-7-16(33-6)10-17(18)24/h7-12H,25H2,1-6H3,(H2,27,28,29,30)/b15-11+,26-12?. The van der Waals surface area contributed by atoms with E-state index in [1.165, 1.54) is 24.0 Å². The molecule has 0 amide bonds. The van der Waals surface area contributed by atoms with E-state index in [0.717, 1.165) is 16.2 Å². The second-order valence-electron chi connectivity index (χ2n) is 7.26. The monoisotopic (exact) mass is 469 g/mol. The number of nitrogens with one attached hydrogen (secondary N) is 2. The van der Waals surface area contributed by atoms with E-state index in [1.807, 2.05) is 32.2 Å². The van der Waals surface area contributed by atoms with Crippen LogP contribution in [0.5, 0.6) is 5.75 Å². The Hall–Kier alpha value is -3.53. The number of hydrogen-bond donors (Lipinski definition) is 3. The van der Waals surface area contributed by atoms with E-state index in [0.29, 0.717) is 40.0 Å². The van der Waals surface area contributed by atoms with Crippen molar-refractivity contribution >= 4 is 46.7 Å². The van der Waals surface area contributed by atoms with Gasteiger partial charge < -0.3 is 20.7 Å². The van der Waals surface area contributed by atoms with Crippen LogP contribution in [0, 0.1) is 19.7 Å². The lowest BCUT2D eigenvalue weighted by Crippen LogP contribution is -2.17. The van der Waals surface area contributed by atoms with Crippen LogP contribution in [-0.4, -0.2) is 48.9 Å². The number of pyridine rings is 1. The third-order valence-electron chi connectivity index (χ3n) is 5.10. The molecular weight excluding hydrogens is 441 g/mol. The normalized spacial score (nSPS) is 11.8. The van der Waals surface area contributed by atoms with Crippen molar-refractivity contribution in [3.8, 4) is 5.75 Å². The molecule has 3 aromatic rings. The van der Waals surface area contributed by atoms with Crippen LogP contribution >= 0.6 is 11.8 Å². The van der Waals surface area contributed by atoms with E-state index in [1.54, 1.807) is 38.4 Å². The number of methoxy groups -OCH3 is 1. The predicted octanol–water partition coefficient (Wildman–Crippen LogP) is 4.80. The first-order valence-corrected chi connectivity index (χ1v) is 11.4. The molecule has 0 bridgehead atoms. The molecule has 0 saturated heterocycles. The smallest absolute Gasteiger partial charge is 0.177 e. The number of rotatable bonds is 8. The molecule has 0 aliphatic rings. The number of anilines is 4. The summed E-state index contributed by atoms with van der Waals surface area (Å²) in [6.07, 6.45) is 5.01. The summed E-state index contributed by atoms with van der Waals surface area (Å²) >= 11 is 1.48. The van der Waals surface area contributed by atoms with Crippen molar-refractivity contribution in [2.24, 2.45) is 10.7 Å². The minimum absolute atomic E-state index is 0.343. The molecule has 2 aromatic heterocycles. The molecule has 33 heavy (non-hydrogen) atoms. The van der Waals surface area contributed by atoms with Gasteiger partial charge in [0.2, 0.25) is 0 Å². The highest BCUT2D eigenvalue weighted by Crippen LogP contribution is 2.41. The van der Waals surface area contributed by atoms with Crippen LogP contribution in [0.3, 0.4) is 0 Å². The minimum atomic E-state index is -0.343. The van der Waals surface area contributed by atoms with Gasteiger partial charge in [0, 0.05) is 59.9 Å². The first-order valence-electron chi connectivity index (χ1n) is 10.1. The quantitative estimate of drug-likeness (QED) is 0.321. The molecule has 10 heteroatoms. The molecule has 0 aliphatic heterocycles. The van der Waals surface area contributed by atoms with Crippen LogP contribution in [0.15, 0.2) is 40.4 Å². The Balaban J connectivity index is 2.25. The fraction of sp³-hybridized carbons (Fsp3) is 0.261. The fourth-order valence-electron chi connectivity index (χ4n) is 3.53. The number of aliphatic imine (C=N–C) groups is 1. The van der Waals surface area contributed by atoms with Gasteiger partial charge in [-0.25, -0.2) is 9.37 Å². The first kappa shape index (κ1) is 24.1. The lowest BCUT2D eigenvalue weighted by Gasteiger charge is -2.25. The molecule has 0 unspecified atom stereocenters. The van der Waals surface area contributed by atoms with E-state index in [4.69, 9.17) is 15.5 Å². The number of aryl methyl sites for hydroxylation is 1. The average molecular weight is 470 g/mol. The number of benzene rings is 1. The highest BCUT2D eigenvalue weighted by molar-refractivity contribution is 7.98. The van der Waals surface area contributed by atoms with E-state index in [2.05, 4.69) is 20.5 Å². The zero-order valence-electron chi connectivity index (χ0n) is 19.5. The maximum Gasteiger partial charge on any atom is 0.177 e. The van der Waals surface area contributed by atoms with Gasteiger partial charge in [-0.05, 0) is 38.3 Å². The van der Waals surface area contributed by atoms with E-state index >= 15 is 0 Å². The van der Waals surface area contributed by atoms with Crippen molar-refractivity contribution in [1.29, 1.82) is 0 Å². The molecule has 4 N–H and O–H groups in total. The number of nitrogens with two attached hydrogens (primary N) is 1. The van der Waals surface area contributed by atoms with Gasteiger partial charge in [0.15, 0.2) is 17.4 Å². The number of aromatic nitrogens is 3. The molecule has 8 nitrogen and oxygen atoms in total. The Morgan fingerprint density at radius 2 is 2.09 bits per heavy atom. The summed E-state index contributed by atoms with van der Waals surface area (Å²) in [4.78, 5) is 11.5. The number of ether oxygens (including phenoxy) is 1. The van der Waals surface area contributed by atoms with Crippen LogP contribution in [0.4, 0.5) is 27.5 Å². The summed E-state index contributed by atoms with van der Waals surface area (Å²) in [7, 11) is 4.99. The second kappa shape index (κ2) is 10.4.